The summed E-state index contributed by atoms with van der Waals surface area (Å²) in [6.07, 6.45) is 0. The van der Waals surface area contributed by atoms with Crippen LogP contribution in [0, 0.1) is 19.7 Å². The average Bonchev–Trinajstić information content (AvgIpc) is 2.69. The van der Waals surface area contributed by atoms with Crippen molar-refractivity contribution in [3.8, 4) is 0 Å². The van der Waals surface area contributed by atoms with Crippen molar-refractivity contribution in [2.45, 2.75) is 20.8 Å². The van der Waals surface area contributed by atoms with Gasteiger partial charge in [0.25, 0.3) is 0 Å². The van der Waals surface area contributed by atoms with E-state index in [2.05, 4.69) is 4.90 Å². The van der Waals surface area contributed by atoms with E-state index in [1.165, 1.54) is 19.1 Å². The molecule has 0 bridgehead atoms. The third-order valence-corrected chi connectivity index (χ3v) is 5.36. The van der Waals surface area contributed by atoms with Crippen molar-refractivity contribution >= 4 is 23.2 Å². The quantitative estimate of drug-likeness (QED) is 0.815. The number of halogens is 1. The lowest BCUT2D eigenvalue weighted by Gasteiger charge is -2.37. The van der Waals surface area contributed by atoms with Crippen LogP contribution < -0.4 is 9.80 Å². The Kier molecular flexibility index (Phi) is 5.97. The minimum atomic E-state index is -0.256. The first-order valence-electron chi connectivity index (χ1n) is 9.49. The van der Waals surface area contributed by atoms with Crippen molar-refractivity contribution in [3.05, 3.63) is 59.4 Å². The number of piperazine rings is 1. The fraction of sp³-hybridized carbons (Fsp3) is 0.364. The van der Waals surface area contributed by atoms with E-state index in [0.717, 1.165) is 22.5 Å². The van der Waals surface area contributed by atoms with E-state index in [9.17, 15) is 14.0 Å². The summed E-state index contributed by atoms with van der Waals surface area (Å²) in [4.78, 5) is 30.5. The highest BCUT2D eigenvalue weighted by Gasteiger charge is 2.25. The molecule has 2 amide bonds. The molecular formula is C22H26FN3O2. The van der Waals surface area contributed by atoms with Gasteiger partial charge in [-0.05, 0) is 55.3 Å². The van der Waals surface area contributed by atoms with Crippen LogP contribution in [0.1, 0.15) is 18.1 Å². The molecule has 0 spiro atoms. The zero-order chi connectivity index (χ0) is 20.3. The number of rotatable bonds is 4. The van der Waals surface area contributed by atoms with Gasteiger partial charge in [0.1, 0.15) is 12.4 Å². The second-order valence-electron chi connectivity index (χ2n) is 7.17. The number of carbonyl (C=O) groups is 2. The SMILES string of the molecule is CC(=O)N(CC(=O)N1CCN(c2ccc(F)cc2)CC1)c1cccc(C)c1C. The number of aryl methyl sites for hydroxylation is 1. The standard InChI is InChI=1S/C22H26FN3O2/c1-16-5-4-6-21(17(16)2)26(18(3)27)15-22(28)25-13-11-24(12-14-25)20-9-7-19(23)8-10-20/h4-10H,11-15H2,1-3H3. The van der Waals surface area contributed by atoms with Crippen molar-refractivity contribution in [2.75, 3.05) is 42.5 Å². The van der Waals surface area contributed by atoms with Crippen molar-refractivity contribution in [1.29, 1.82) is 0 Å². The number of benzene rings is 2. The average molecular weight is 383 g/mol. The van der Waals surface area contributed by atoms with Gasteiger partial charge in [-0.2, -0.15) is 0 Å². The van der Waals surface area contributed by atoms with Gasteiger partial charge in [0.05, 0.1) is 0 Å². The molecule has 1 fully saturated rings. The van der Waals surface area contributed by atoms with Crippen LogP contribution in [0.4, 0.5) is 15.8 Å². The highest BCUT2D eigenvalue weighted by Crippen LogP contribution is 2.23. The Morgan fingerprint density at radius 2 is 1.64 bits per heavy atom. The first kappa shape index (κ1) is 19.9. The van der Waals surface area contributed by atoms with Gasteiger partial charge in [-0.3, -0.25) is 9.59 Å². The minimum Gasteiger partial charge on any atom is -0.368 e. The van der Waals surface area contributed by atoms with E-state index >= 15 is 0 Å². The molecule has 1 aliphatic rings. The predicted molar refractivity (Wildman–Crippen MR) is 109 cm³/mol. The van der Waals surface area contributed by atoms with Gasteiger partial charge in [-0.1, -0.05) is 12.1 Å². The number of anilines is 2. The molecule has 0 radical (unpaired) electrons. The molecular weight excluding hydrogens is 357 g/mol. The summed E-state index contributed by atoms with van der Waals surface area (Å²) in [6.45, 7) is 8.00. The van der Waals surface area contributed by atoms with Crippen LogP contribution in [-0.2, 0) is 9.59 Å². The molecule has 0 unspecified atom stereocenters. The lowest BCUT2D eigenvalue weighted by Crippen LogP contribution is -2.52. The van der Waals surface area contributed by atoms with E-state index in [-0.39, 0.29) is 24.2 Å². The number of nitrogens with zero attached hydrogens (tertiary/aromatic N) is 3. The summed E-state index contributed by atoms with van der Waals surface area (Å²) in [7, 11) is 0. The Hall–Kier alpha value is -2.89. The van der Waals surface area contributed by atoms with Crippen molar-refractivity contribution < 1.29 is 14.0 Å². The van der Waals surface area contributed by atoms with Crippen molar-refractivity contribution in [3.63, 3.8) is 0 Å². The van der Waals surface area contributed by atoms with Crippen LogP contribution in [0.5, 0.6) is 0 Å². The van der Waals surface area contributed by atoms with Crippen LogP contribution in [0.3, 0.4) is 0 Å². The van der Waals surface area contributed by atoms with E-state index in [4.69, 9.17) is 0 Å². The first-order valence-corrected chi connectivity index (χ1v) is 9.49. The van der Waals surface area contributed by atoms with Crippen LogP contribution in [0.2, 0.25) is 0 Å². The molecule has 2 aromatic rings. The zero-order valence-electron chi connectivity index (χ0n) is 16.6. The van der Waals surface area contributed by atoms with Gasteiger partial charge < -0.3 is 14.7 Å². The highest BCUT2D eigenvalue weighted by molar-refractivity contribution is 5.98. The number of carbonyl (C=O) groups excluding carboxylic acids is 2. The van der Waals surface area contributed by atoms with Gasteiger partial charge in [-0.25, -0.2) is 4.39 Å². The molecule has 3 rings (SSSR count). The monoisotopic (exact) mass is 383 g/mol. The molecule has 148 valence electrons. The van der Waals surface area contributed by atoms with Crippen LogP contribution in [0.15, 0.2) is 42.5 Å². The number of hydrogen-bond acceptors (Lipinski definition) is 3. The Bertz CT molecular complexity index is 859. The molecule has 1 saturated heterocycles. The van der Waals surface area contributed by atoms with Crippen LogP contribution >= 0.6 is 0 Å². The van der Waals surface area contributed by atoms with Crippen molar-refractivity contribution in [2.24, 2.45) is 0 Å². The summed E-state index contributed by atoms with van der Waals surface area (Å²) in [5.74, 6) is -0.463. The van der Waals surface area contributed by atoms with Gasteiger partial charge in [-0.15, -0.1) is 0 Å². The summed E-state index contributed by atoms with van der Waals surface area (Å²) < 4.78 is 13.1. The topological polar surface area (TPSA) is 43.9 Å². The normalized spacial score (nSPS) is 14.1. The maximum Gasteiger partial charge on any atom is 0.242 e. The van der Waals surface area contributed by atoms with E-state index in [1.807, 2.05) is 32.0 Å². The molecule has 5 nitrogen and oxygen atoms in total. The maximum atomic E-state index is 13.1. The second kappa shape index (κ2) is 8.42. The Balaban J connectivity index is 1.64. The summed E-state index contributed by atoms with van der Waals surface area (Å²) in [5, 5.41) is 0. The van der Waals surface area contributed by atoms with E-state index in [0.29, 0.717) is 26.2 Å². The molecule has 28 heavy (non-hydrogen) atoms. The Labute approximate surface area is 165 Å². The molecule has 6 heteroatoms. The molecule has 2 aromatic carbocycles. The number of amides is 2. The van der Waals surface area contributed by atoms with Gasteiger partial charge >= 0.3 is 0 Å². The fourth-order valence-electron chi connectivity index (χ4n) is 3.50. The number of hydrogen-bond donors (Lipinski definition) is 0. The molecule has 0 atom stereocenters. The van der Waals surface area contributed by atoms with E-state index < -0.39 is 0 Å². The third-order valence-electron chi connectivity index (χ3n) is 5.36. The first-order chi connectivity index (χ1) is 13.4. The Morgan fingerprint density at radius 3 is 2.25 bits per heavy atom. The van der Waals surface area contributed by atoms with E-state index in [1.54, 1.807) is 21.9 Å². The second-order valence-corrected chi connectivity index (χ2v) is 7.17. The highest BCUT2D eigenvalue weighted by atomic mass is 19.1. The summed E-state index contributed by atoms with van der Waals surface area (Å²) >= 11 is 0. The molecule has 0 aromatic heterocycles. The molecule has 0 aliphatic carbocycles. The molecule has 0 N–H and O–H groups in total. The molecule has 1 heterocycles. The predicted octanol–water partition coefficient (Wildman–Crippen LogP) is 3.14. The molecule has 1 aliphatic heterocycles. The lowest BCUT2D eigenvalue weighted by molar-refractivity contribution is -0.131. The minimum absolute atomic E-state index is 0.0379. The van der Waals surface area contributed by atoms with Gasteiger partial charge in [0, 0.05) is 44.5 Å². The third kappa shape index (κ3) is 4.32. The van der Waals surface area contributed by atoms with Crippen molar-refractivity contribution in [1.82, 2.24) is 4.90 Å². The lowest BCUT2D eigenvalue weighted by atomic mass is 10.1. The van der Waals surface area contributed by atoms with Crippen LogP contribution in [-0.4, -0.2) is 49.4 Å². The van der Waals surface area contributed by atoms with Gasteiger partial charge in [0.15, 0.2) is 0 Å². The summed E-state index contributed by atoms with van der Waals surface area (Å²) in [5.41, 5.74) is 3.83. The van der Waals surface area contributed by atoms with Gasteiger partial charge in [0.2, 0.25) is 11.8 Å². The largest absolute Gasteiger partial charge is 0.368 e. The smallest absolute Gasteiger partial charge is 0.242 e. The maximum absolute atomic E-state index is 13.1. The Morgan fingerprint density at radius 1 is 1.00 bits per heavy atom. The summed E-state index contributed by atoms with van der Waals surface area (Å²) in [6, 6.07) is 12.2. The molecule has 0 saturated carbocycles. The van der Waals surface area contributed by atoms with Crippen LogP contribution in [0.25, 0.3) is 0 Å². The zero-order valence-corrected chi connectivity index (χ0v) is 16.6. The fourth-order valence-corrected chi connectivity index (χ4v) is 3.50.